The molecule has 0 amide bonds. The molecule has 0 aliphatic carbocycles. The van der Waals surface area contributed by atoms with Gasteiger partial charge in [-0.1, -0.05) is 35.3 Å². The van der Waals surface area contributed by atoms with Crippen LogP contribution in [-0.4, -0.2) is 39.8 Å². The number of halogens is 5. The highest BCUT2D eigenvalue weighted by atomic mass is 35.5. The molecule has 2 rings (SSSR count). The lowest BCUT2D eigenvalue weighted by molar-refractivity contribution is -0.151. The van der Waals surface area contributed by atoms with Crippen molar-refractivity contribution in [3.63, 3.8) is 0 Å². The first-order chi connectivity index (χ1) is 13.6. The number of rotatable bonds is 9. The molecule has 0 aliphatic heterocycles. The van der Waals surface area contributed by atoms with Crippen LogP contribution in [0.5, 0.6) is 0 Å². The lowest BCUT2D eigenvalue weighted by Crippen LogP contribution is -2.30. The number of hydrogen-bond donors (Lipinski definition) is 2. The molecule has 0 bridgehead atoms. The van der Waals surface area contributed by atoms with Crippen LogP contribution >= 0.6 is 35.0 Å². The van der Waals surface area contributed by atoms with Crippen LogP contribution in [0, 0.1) is 0 Å². The van der Waals surface area contributed by atoms with Gasteiger partial charge in [-0.3, -0.25) is 9.78 Å². The average Bonchev–Trinajstić information content (AvgIpc) is 2.63. The molecule has 1 aromatic heterocycles. The van der Waals surface area contributed by atoms with E-state index in [2.05, 4.69) is 4.98 Å². The first kappa shape index (κ1) is 23.8. The number of benzene rings is 1. The van der Waals surface area contributed by atoms with Crippen molar-refractivity contribution in [2.75, 3.05) is 11.5 Å². The van der Waals surface area contributed by atoms with Gasteiger partial charge in [0.1, 0.15) is 6.04 Å². The standard InChI is InChI=1S/C19H19Cl2F3N2O2S/c20-12-2-3-13(15(21)9-12)11-1-4-17(26-10-11)14(19(22,23)24)5-7-29-8-6-16(25)18(27)28/h1-4,9-10,14,16H,5-8,25H2,(H,27,28). The molecule has 158 valence electrons. The van der Waals surface area contributed by atoms with Crippen LogP contribution in [-0.2, 0) is 4.79 Å². The maximum absolute atomic E-state index is 13.5. The highest BCUT2D eigenvalue weighted by Crippen LogP contribution is 2.38. The Hall–Kier alpha value is -1.48. The van der Waals surface area contributed by atoms with Gasteiger partial charge in [0.2, 0.25) is 0 Å². The molecule has 0 aliphatic rings. The van der Waals surface area contributed by atoms with Crippen LogP contribution in [0.4, 0.5) is 13.2 Å². The van der Waals surface area contributed by atoms with Gasteiger partial charge < -0.3 is 10.8 Å². The molecular weight excluding hydrogens is 448 g/mol. The van der Waals surface area contributed by atoms with Crippen LogP contribution in [0.3, 0.4) is 0 Å². The van der Waals surface area contributed by atoms with E-state index in [-0.39, 0.29) is 24.3 Å². The van der Waals surface area contributed by atoms with Gasteiger partial charge in [-0.05, 0) is 42.5 Å². The fourth-order valence-corrected chi connectivity index (χ4v) is 4.16. The summed E-state index contributed by atoms with van der Waals surface area (Å²) in [5, 5.41) is 9.56. The number of aliphatic carboxylic acids is 1. The normalized spacial score (nSPS) is 13.9. The minimum Gasteiger partial charge on any atom is -0.480 e. The second kappa shape index (κ2) is 10.5. The van der Waals surface area contributed by atoms with Crippen LogP contribution in [0.15, 0.2) is 36.5 Å². The predicted molar refractivity (Wildman–Crippen MR) is 111 cm³/mol. The summed E-state index contributed by atoms with van der Waals surface area (Å²) in [6.07, 6.45) is -3.04. The molecule has 2 aromatic rings. The minimum absolute atomic E-state index is 0.0748. The van der Waals surface area contributed by atoms with Gasteiger partial charge in [0.15, 0.2) is 0 Å². The zero-order valence-corrected chi connectivity index (χ0v) is 17.5. The van der Waals surface area contributed by atoms with E-state index >= 15 is 0 Å². The minimum atomic E-state index is -4.44. The van der Waals surface area contributed by atoms with E-state index < -0.39 is 24.1 Å². The van der Waals surface area contributed by atoms with Gasteiger partial charge in [0.05, 0.1) is 11.6 Å². The lowest BCUT2D eigenvalue weighted by Gasteiger charge is -2.20. The Morgan fingerprint density at radius 2 is 1.86 bits per heavy atom. The average molecular weight is 467 g/mol. The number of nitrogens with zero attached hydrogens (tertiary/aromatic N) is 1. The van der Waals surface area contributed by atoms with Crippen molar-refractivity contribution in [2.45, 2.75) is 31.0 Å². The summed E-state index contributed by atoms with van der Waals surface area (Å²) in [5.41, 5.74) is 6.53. The van der Waals surface area contributed by atoms with Crippen molar-refractivity contribution in [3.05, 3.63) is 52.3 Å². The maximum atomic E-state index is 13.5. The van der Waals surface area contributed by atoms with Crippen molar-refractivity contribution < 1.29 is 23.1 Å². The second-order valence-corrected chi connectivity index (χ2v) is 8.39. The Labute approximate surface area is 180 Å². The molecule has 3 N–H and O–H groups in total. The van der Waals surface area contributed by atoms with E-state index in [4.69, 9.17) is 34.0 Å². The number of nitrogens with two attached hydrogens (primary N) is 1. The van der Waals surface area contributed by atoms with Crippen molar-refractivity contribution in [1.29, 1.82) is 0 Å². The molecule has 0 radical (unpaired) electrons. The zero-order chi connectivity index (χ0) is 21.6. The van der Waals surface area contributed by atoms with Crippen LogP contribution in [0.2, 0.25) is 10.0 Å². The van der Waals surface area contributed by atoms with Gasteiger partial charge >= 0.3 is 12.1 Å². The van der Waals surface area contributed by atoms with Gasteiger partial charge in [-0.25, -0.2) is 0 Å². The molecule has 1 aromatic carbocycles. The van der Waals surface area contributed by atoms with Crippen LogP contribution in [0.1, 0.15) is 24.5 Å². The van der Waals surface area contributed by atoms with E-state index in [0.29, 0.717) is 26.9 Å². The lowest BCUT2D eigenvalue weighted by atomic mass is 9.99. The van der Waals surface area contributed by atoms with Crippen molar-refractivity contribution in [3.8, 4) is 11.1 Å². The van der Waals surface area contributed by atoms with Gasteiger partial charge in [0, 0.05) is 27.4 Å². The number of pyridine rings is 1. The third-order valence-corrected chi connectivity index (χ3v) is 5.82. The summed E-state index contributed by atoms with van der Waals surface area (Å²) in [4.78, 5) is 14.7. The zero-order valence-electron chi connectivity index (χ0n) is 15.1. The third kappa shape index (κ3) is 7.06. The number of carboxylic acids is 1. The highest BCUT2D eigenvalue weighted by molar-refractivity contribution is 7.99. The van der Waals surface area contributed by atoms with Gasteiger partial charge in [-0.15, -0.1) is 0 Å². The highest BCUT2D eigenvalue weighted by Gasteiger charge is 2.41. The topological polar surface area (TPSA) is 76.2 Å². The largest absolute Gasteiger partial charge is 0.480 e. The molecule has 4 nitrogen and oxygen atoms in total. The summed E-state index contributed by atoms with van der Waals surface area (Å²) in [6, 6.07) is 6.77. The fourth-order valence-electron chi connectivity index (χ4n) is 2.61. The van der Waals surface area contributed by atoms with E-state index in [1.165, 1.54) is 24.0 Å². The van der Waals surface area contributed by atoms with E-state index in [9.17, 15) is 18.0 Å². The first-order valence-corrected chi connectivity index (χ1v) is 10.5. The Balaban J connectivity index is 2.04. The van der Waals surface area contributed by atoms with Crippen molar-refractivity contribution in [2.24, 2.45) is 5.73 Å². The van der Waals surface area contributed by atoms with E-state index in [1.807, 2.05) is 0 Å². The Morgan fingerprint density at radius 3 is 2.41 bits per heavy atom. The Kier molecular flexibility index (Phi) is 8.63. The summed E-state index contributed by atoms with van der Waals surface area (Å²) >= 11 is 13.2. The first-order valence-electron chi connectivity index (χ1n) is 8.64. The van der Waals surface area contributed by atoms with Gasteiger partial charge in [-0.2, -0.15) is 24.9 Å². The smallest absolute Gasteiger partial charge is 0.397 e. The monoisotopic (exact) mass is 466 g/mol. The molecule has 0 spiro atoms. The second-order valence-electron chi connectivity index (χ2n) is 6.32. The molecule has 2 unspecified atom stereocenters. The maximum Gasteiger partial charge on any atom is 0.397 e. The Bertz CT molecular complexity index is 835. The predicted octanol–water partition coefficient (Wildman–Crippen LogP) is 5.63. The van der Waals surface area contributed by atoms with Gasteiger partial charge in [0.25, 0.3) is 0 Å². The SMILES string of the molecule is NC(CCSCCC(c1ccc(-c2ccc(Cl)cc2Cl)cn1)C(F)(F)F)C(=O)O. The molecule has 0 saturated heterocycles. The fraction of sp³-hybridized carbons (Fsp3) is 0.368. The molecule has 2 atom stereocenters. The summed E-state index contributed by atoms with van der Waals surface area (Å²) in [6.45, 7) is 0. The molecule has 29 heavy (non-hydrogen) atoms. The van der Waals surface area contributed by atoms with Crippen molar-refractivity contribution >= 4 is 40.9 Å². The third-order valence-electron chi connectivity index (χ3n) is 4.22. The Morgan fingerprint density at radius 1 is 1.17 bits per heavy atom. The molecular formula is C19H19Cl2F3N2O2S. The summed E-state index contributed by atoms with van der Waals surface area (Å²) < 4.78 is 40.5. The number of aromatic nitrogens is 1. The summed E-state index contributed by atoms with van der Waals surface area (Å²) in [7, 11) is 0. The quantitative estimate of drug-likeness (QED) is 0.468. The van der Waals surface area contributed by atoms with E-state index in [1.54, 1.807) is 24.3 Å². The number of thioether (sulfide) groups is 1. The molecule has 1 heterocycles. The molecule has 0 fully saturated rings. The van der Waals surface area contributed by atoms with E-state index in [0.717, 1.165) is 0 Å². The number of hydrogen-bond acceptors (Lipinski definition) is 4. The molecule has 10 heteroatoms. The number of alkyl halides is 3. The number of carboxylic acid groups (broad SMARTS) is 1. The molecule has 0 saturated carbocycles. The van der Waals surface area contributed by atoms with Crippen LogP contribution in [0.25, 0.3) is 11.1 Å². The number of carbonyl (C=O) groups is 1. The summed E-state index contributed by atoms with van der Waals surface area (Å²) in [5.74, 6) is -2.25. The van der Waals surface area contributed by atoms with Crippen LogP contribution < -0.4 is 5.73 Å². The van der Waals surface area contributed by atoms with Crippen molar-refractivity contribution in [1.82, 2.24) is 4.98 Å².